The van der Waals surface area contributed by atoms with Crippen LogP contribution in [0.5, 0.6) is 0 Å². The molecule has 5 heteroatoms. The highest BCUT2D eigenvalue weighted by Crippen LogP contribution is 2.26. The smallest absolute Gasteiger partial charge is 0.191 e. The number of nitrogens with one attached hydrogen (secondary N) is 2. The van der Waals surface area contributed by atoms with E-state index in [1.807, 2.05) is 19.9 Å². The molecule has 0 radical (unpaired) electrons. The number of furan rings is 1. The fraction of sp³-hybridized carbons (Fsp3) is 0.688. The number of nitrogens with zero attached hydrogens (tertiary/aromatic N) is 1. The lowest BCUT2D eigenvalue weighted by Crippen LogP contribution is -2.46. The highest BCUT2D eigenvalue weighted by atomic mass is 16.3. The lowest BCUT2D eigenvalue weighted by molar-refractivity contribution is 0.0601. The van der Waals surface area contributed by atoms with Crippen molar-refractivity contribution in [1.29, 1.82) is 0 Å². The Kier molecular flexibility index (Phi) is 5.45. The van der Waals surface area contributed by atoms with Crippen LogP contribution in [0.1, 0.15) is 44.8 Å². The van der Waals surface area contributed by atoms with E-state index >= 15 is 0 Å². The number of hydrogen-bond acceptors (Lipinski definition) is 3. The summed E-state index contributed by atoms with van der Waals surface area (Å²) in [5.41, 5.74) is -0.0432. The van der Waals surface area contributed by atoms with Crippen molar-refractivity contribution in [3.63, 3.8) is 0 Å². The third kappa shape index (κ3) is 5.42. The van der Waals surface area contributed by atoms with E-state index in [-0.39, 0.29) is 5.41 Å². The lowest BCUT2D eigenvalue weighted by Gasteiger charge is -2.26. The third-order valence-electron chi connectivity index (χ3n) is 3.23. The highest BCUT2D eigenvalue weighted by Gasteiger charge is 2.28. The fourth-order valence-electron chi connectivity index (χ4n) is 2.09. The summed E-state index contributed by atoms with van der Waals surface area (Å²) in [4.78, 5) is 4.18. The number of hydrogen-bond donors (Lipinski definition) is 3. The topological polar surface area (TPSA) is 69.8 Å². The van der Waals surface area contributed by atoms with Gasteiger partial charge in [-0.2, -0.15) is 0 Å². The van der Waals surface area contributed by atoms with Crippen LogP contribution in [-0.4, -0.2) is 31.2 Å². The summed E-state index contributed by atoms with van der Waals surface area (Å²) < 4.78 is 5.49. The molecule has 0 saturated carbocycles. The first-order valence-corrected chi connectivity index (χ1v) is 7.29. The van der Waals surface area contributed by atoms with Gasteiger partial charge in [-0.1, -0.05) is 20.8 Å². The standard InChI is InChI=1S/C16H29N3O2/c1-11-8-13(12(2)21-11)16(6,20)10-19-14(17-7)18-9-15(3,4)5/h8,20H,9-10H2,1-7H3,(H2,17,18,19). The van der Waals surface area contributed by atoms with Crippen LogP contribution in [0, 0.1) is 19.3 Å². The van der Waals surface area contributed by atoms with Crippen LogP contribution in [0.15, 0.2) is 15.5 Å². The molecule has 3 N–H and O–H groups in total. The van der Waals surface area contributed by atoms with Crippen LogP contribution in [0.2, 0.25) is 0 Å². The quantitative estimate of drug-likeness (QED) is 0.589. The van der Waals surface area contributed by atoms with Crippen LogP contribution in [-0.2, 0) is 5.60 Å². The number of rotatable bonds is 4. The van der Waals surface area contributed by atoms with Crippen LogP contribution < -0.4 is 10.6 Å². The molecule has 1 heterocycles. The van der Waals surface area contributed by atoms with Crippen molar-refractivity contribution in [2.45, 2.75) is 47.1 Å². The molecule has 5 nitrogen and oxygen atoms in total. The Hall–Kier alpha value is -1.49. The van der Waals surface area contributed by atoms with Gasteiger partial charge in [0.05, 0.1) is 6.54 Å². The Labute approximate surface area is 127 Å². The second kappa shape index (κ2) is 6.52. The maximum atomic E-state index is 10.6. The molecule has 0 aliphatic heterocycles. The number of aliphatic imine (C=N–C) groups is 1. The SMILES string of the molecule is CN=C(NCC(C)(C)C)NCC(C)(O)c1cc(C)oc1C. The molecule has 0 aromatic carbocycles. The molecule has 1 unspecified atom stereocenters. The second-order valence-corrected chi connectivity index (χ2v) is 6.94. The minimum Gasteiger partial charge on any atom is -0.466 e. The van der Waals surface area contributed by atoms with E-state index in [2.05, 4.69) is 36.4 Å². The van der Waals surface area contributed by atoms with Crippen LogP contribution in [0.3, 0.4) is 0 Å². The van der Waals surface area contributed by atoms with Crippen molar-refractivity contribution in [3.05, 3.63) is 23.2 Å². The van der Waals surface area contributed by atoms with Crippen molar-refractivity contribution in [2.75, 3.05) is 20.1 Å². The minimum absolute atomic E-state index is 0.165. The molecule has 0 aliphatic carbocycles. The summed E-state index contributed by atoms with van der Waals surface area (Å²) in [6.45, 7) is 13.1. The fourth-order valence-corrected chi connectivity index (χ4v) is 2.09. The van der Waals surface area contributed by atoms with Crippen molar-refractivity contribution in [3.8, 4) is 0 Å². The number of aliphatic hydroxyl groups is 1. The predicted octanol–water partition coefficient (Wildman–Crippen LogP) is 2.32. The third-order valence-corrected chi connectivity index (χ3v) is 3.23. The summed E-state index contributed by atoms with van der Waals surface area (Å²) in [7, 11) is 1.72. The zero-order chi connectivity index (χ0) is 16.3. The Bertz CT molecular complexity index is 496. The first-order valence-electron chi connectivity index (χ1n) is 7.29. The summed E-state index contributed by atoms with van der Waals surface area (Å²) in [6.07, 6.45) is 0. The number of aryl methyl sites for hydroxylation is 2. The first kappa shape index (κ1) is 17.6. The summed E-state index contributed by atoms with van der Waals surface area (Å²) in [5.74, 6) is 2.23. The van der Waals surface area contributed by atoms with Gasteiger partial charge in [-0.25, -0.2) is 0 Å². The Morgan fingerprint density at radius 3 is 2.19 bits per heavy atom. The van der Waals surface area contributed by atoms with Crippen molar-refractivity contribution in [2.24, 2.45) is 10.4 Å². The zero-order valence-corrected chi connectivity index (χ0v) is 14.3. The number of guanidine groups is 1. The van der Waals surface area contributed by atoms with Gasteiger partial charge in [-0.3, -0.25) is 4.99 Å². The molecule has 0 amide bonds. The van der Waals surface area contributed by atoms with Gasteiger partial charge in [0.2, 0.25) is 0 Å². The molecule has 120 valence electrons. The van der Waals surface area contributed by atoms with Gasteiger partial charge < -0.3 is 20.2 Å². The van der Waals surface area contributed by atoms with Gasteiger partial charge >= 0.3 is 0 Å². The molecule has 0 saturated heterocycles. The van der Waals surface area contributed by atoms with Gasteiger partial charge in [0.15, 0.2) is 5.96 Å². The van der Waals surface area contributed by atoms with E-state index in [1.54, 1.807) is 14.0 Å². The highest BCUT2D eigenvalue weighted by molar-refractivity contribution is 5.79. The molecule has 0 fully saturated rings. The monoisotopic (exact) mass is 295 g/mol. The van der Waals surface area contributed by atoms with E-state index in [0.29, 0.717) is 12.5 Å². The molecule has 0 aliphatic rings. The molecule has 1 rings (SSSR count). The zero-order valence-electron chi connectivity index (χ0n) is 14.3. The average molecular weight is 295 g/mol. The van der Waals surface area contributed by atoms with Gasteiger partial charge in [0, 0.05) is 19.2 Å². The minimum atomic E-state index is -1.01. The van der Waals surface area contributed by atoms with E-state index in [9.17, 15) is 5.11 Å². The van der Waals surface area contributed by atoms with Gasteiger partial charge in [0.25, 0.3) is 0 Å². The summed E-state index contributed by atoms with van der Waals surface area (Å²) in [5, 5.41) is 17.1. The van der Waals surface area contributed by atoms with E-state index in [1.165, 1.54) is 0 Å². The summed E-state index contributed by atoms with van der Waals surface area (Å²) in [6, 6.07) is 1.88. The van der Waals surface area contributed by atoms with Crippen LogP contribution in [0.4, 0.5) is 0 Å². The van der Waals surface area contributed by atoms with Gasteiger partial charge in [0.1, 0.15) is 17.1 Å². The Balaban J connectivity index is 2.65. The lowest BCUT2D eigenvalue weighted by atomic mass is 9.96. The first-order chi connectivity index (χ1) is 9.55. The van der Waals surface area contributed by atoms with Crippen LogP contribution in [0.25, 0.3) is 0 Å². The largest absolute Gasteiger partial charge is 0.466 e. The molecule has 21 heavy (non-hydrogen) atoms. The van der Waals surface area contributed by atoms with E-state index in [0.717, 1.165) is 23.6 Å². The van der Waals surface area contributed by atoms with Gasteiger partial charge in [-0.15, -0.1) is 0 Å². The molecule has 1 aromatic rings. The van der Waals surface area contributed by atoms with Crippen LogP contribution >= 0.6 is 0 Å². The molecular formula is C16H29N3O2. The summed E-state index contributed by atoms with van der Waals surface area (Å²) >= 11 is 0. The van der Waals surface area contributed by atoms with Crippen molar-refractivity contribution in [1.82, 2.24) is 10.6 Å². The maximum Gasteiger partial charge on any atom is 0.191 e. The Morgan fingerprint density at radius 2 is 1.76 bits per heavy atom. The predicted molar refractivity (Wildman–Crippen MR) is 86.6 cm³/mol. The van der Waals surface area contributed by atoms with E-state index < -0.39 is 5.60 Å². The molecular weight excluding hydrogens is 266 g/mol. The second-order valence-electron chi connectivity index (χ2n) is 6.94. The Morgan fingerprint density at radius 1 is 1.19 bits per heavy atom. The maximum absolute atomic E-state index is 10.6. The molecule has 1 atom stereocenters. The van der Waals surface area contributed by atoms with Gasteiger partial charge in [-0.05, 0) is 32.3 Å². The van der Waals surface area contributed by atoms with Crippen molar-refractivity contribution >= 4 is 5.96 Å². The molecule has 1 aromatic heterocycles. The average Bonchev–Trinajstić information content (AvgIpc) is 2.68. The molecule has 0 spiro atoms. The van der Waals surface area contributed by atoms with E-state index in [4.69, 9.17) is 4.42 Å². The molecule has 0 bridgehead atoms. The van der Waals surface area contributed by atoms with Crippen molar-refractivity contribution < 1.29 is 9.52 Å². The normalized spacial score (nSPS) is 15.7.